The second-order valence-electron chi connectivity index (χ2n) is 7.80. The number of hydrogen-bond donors (Lipinski definition) is 1. The van der Waals surface area contributed by atoms with Gasteiger partial charge in [-0.1, -0.05) is 18.2 Å². The van der Waals surface area contributed by atoms with Crippen LogP contribution in [-0.2, 0) is 11.8 Å². The number of halogens is 4. The summed E-state index contributed by atoms with van der Waals surface area (Å²) in [7, 11) is 1.56. The molecule has 2 atom stereocenters. The van der Waals surface area contributed by atoms with E-state index in [4.69, 9.17) is 5.26 Å². The minimum atomic E-state index is -4.72. The number of aryl methyl sites for hydroxylation is 1. The molecule has 0 saturated heterocycles. The fourth-order valence-corrected chi connectivity index (χ4v) is 4.12. The zero-order valence-corrected chi connectivity index (χ0v) is 17.7. The first-order chi connectivity index (χ1) is 16.1. The number of nitrogens with one attached hydrogen (secondary N) is 1. The third-order valence-electron chi connectivity index (χ3n) is 5.49. The van der Waals surface area contributed by atoms with Gasteiger partial charge in [-0.2, -0.15) is 23.5 Å². The predicted octanol–water partition coefficient (Wildman–Crippen LogP) is 3.91. The van der Waals surface area contributed by atoms with E-state index in [0.29, 0.717) is 4.90 Å². The third-order valence-corrected chi connectivity index (χ3v) is 5.49. The average molecular weight is 471 g/mol. The molecule has 1 N–H and O–H groups in total. The zero-order valence-electron chi connectivity index (χ0n) is 17.7. The molecule has 2 amide bonds. The van der Waals surface area contributed by atoms with E-state index in [0.717, 1.165) is 12.1 Å². The molecule has 2 heterocycles. The van der Waals surface area contributed by atoms with Crippen LogP contribution in [0.15, 0.2) is 54.9 Å². The Morgan fingerprint density at radius 3 is 2.62 bits per heavy atom. The molecule has 34 heavy (non-hydrogen) atoms. The van der Waals surface area contributed by atoms with Gasteiger partial charge in [-0.3, -0.25) is 14.3 Å². The molecule has 0 spiro atoms. The Morgan fingerprint density at radius 1 is 1.24 bits per heavy atom. The van der Waals surface area contributed by atoms with E-state index < -0.39 is 42.3 Å². The van der Waals surface area contributed by atoms with E-state index >= 15 is 0 Å². The predicted molar refractivity (Wildman–Crippen MR) is 112 cm³/mol. The number of benzene rings is 2. The number of nitriles is 1. The number of fused-ring (bicyclic) bond motifs is 1. The standard InChI is InChI=1S/C23H17F4N5O2/c1-31-11-14(10-29-31)20-19(21(33)30-15-6-7-18(24)13(8-15)9-28)16-4-2-3-5-17(16)22(34)32(20)12-23(25,26)27/h2-8,10-11,19-20H,12H2,1H3,(H,30,33)/t19-,20+/m1/s1. The van der Waals surface area contributed by atoms with Crippen LogP contribution in [0.3, 0.4) is 0 Å². The molecule has 7 nitrogen and oxygen atoms in total. The first kappa shape index (κ1) is 23.0. The summed E-state index contributed by atoms with van der Waals surface area (Å²) in [4.78, 5) is 27.2. The van der Waals surface area contributed by atoms with Crippen molar-refractivity contribution >= 4 is 17.5 Å². The minimum Gasteiger partial charge on any atom is -0.325 e. The lowest BCUT2D eigenvalue weighted by Gasteiger charge is -2.41. The summed E-state index contributed by atoms with van der Waals surface area (Å²) < 4.78 is 55.6. The Hall–Kier alpha value is -4.20. The Morgan fingerprint density at radius 2 is 1.97 bits per heavy atom. The number of carbonyl (C=O) groups is 2. The van der Waals surface area contributed by atoms with Gasteiger partial charge in [-0.05, 0) is 29.8 Å². The first-order valence-electron chi connectivity index (χ1n) is 10.0. The molecule has 0 saturated carbocycles. The van der Waals surface area contributed by atoms with Crippen molar-refractivity contribution in [1.82, 2.24) is 14.7 Å². The summed E-state index contributed by atoms with van der Waals surface area (Å²) in [6.07, 6.45) is -1.97. The molecule has 174 valence electrons. The number of carbonyl (C=O) groups excluding carboxylic acids is 2. The zero-order chi connectivity index (χ0) is 24.6. The summed E-state index contributed by atoms with van der Waals surface area (Å²) in [6.45, 7) is -1.57. The van der Waals surface area contributed by atoms with E-state index in [9.17, 15) is 27.2 Å². The SMILES string of the molecule is Cn1cc([C@H]2[C@H](C(=O)Nc3ccc(F)c(C#N)c3)c3ccccc3C(=O)N2CC(F)(F)F)cn1. The second kappa shape index (κ2) is 8.62. The Kier molecular flexibility index (Phi) is 5.83. The Balaban J connectivity index is 1.84. The molecule has 0 unspecified atom stereocenters. The number of alkyl halides is 3. The number of aromatic nitrogens is 2. The summed E-state index contributed by atoms with van der Waals surface area (Å²) in [5, 5.41) is 15.6. The third kappa shape index (κ3) is 4.34. The van der Waals surface area contributed by atoms with Crippen molar-refractivity contribution in [3.8, 4) is 6.07 Å². The van der Waals surface area contributed by atoms with Crippen LogP contribution in [-0.4, -0.2) is 39.2 Å². The van der Waals surface area contributed by atoms with Crippen molar-refractivity contribution in [2.75, 3.05) is 11.9 Å². The fraction of sp³-hybridized carbons (Fsp3) is 0.217. The van der Waals surface area contributed by atoms with E-state index in [1.165, 1.54) is 41.3 Å². The van der Waals surface area contributed by atoms with Gasteiger partial charge in [-0.15, -0.1) is 0 Å². The molecular weight excluding hydrogens is 454 g/mol. The first-order valence-corrected chi connectivity index (χ1v) is 10.0. The normalized spacial score (nSPS) is 17.8. The average Bonchev–Trinajstić information content (AvgIpc) is 3.21. The fourth-order valence-electron chi connectivity index (χ4n) is 4.12. The largest absolute Gasteiger partial charge is 0.406 e. The number of anilines is 1. The number of amides is 2. The van der Waals surface area contributed by atoms with Crippen LogP contribution in [0.2, 0.25) is 0 Å². The summed E-state index contributed by atoms with van der Waals surface area (Å²) in [5.74, 6) is -3.61. The van der Waals surface area contributed by atoms with Crippen LogP contribution in [0.5, 0.6) is 0 Å². The van der Waals surface area contributed by atoms with Gasteiger partial charge in [0, 0.05) is 30.1 Å². The van der Waals surface area contributed by atoms with Gasteiger partial charge in [0.2, 0.25) is 5.91 Å². The molecule has 0 aliphatic carbocycles. The molecule has 0 fully saturated rings. The van der Waals surface area contributed by atoms with Gasteiger partial charge in [0.1, 0.15) is 18.4 Å². The van der Waals surface area contributed by atoms with Crippen molar-refractivity contribution in [2.45, 2.75) is 18.1 Å². The van der Waals surface area contributed by atoms with Gasteiger partial charge in [0.15, 0.2) is 0 Å². The molecule has 1 aliphatic rings. The molecule has 1 aromatic heterocycles. The van der Waals surface area contributed by atoms with Gasteiger partial charge in [-0.25, -0.2) is 4.39 Å². The van der Waals surface area contributed by atoms with Gasteiger partial charge < -0.3 is 10.2 Å². The van der Waals surface area contributed by atoms with Crippen molar-refractivity contribution in [2.24, 2.45) is 7.05 Å². The molecule has 11 heteroatoms. The highest BCUT2D eigenvalue weighted by molar-refractivity contribution is 6.04. The van der Waals surface area contributed by atoms with E-state index in [2.05, 4.69) is 10.4 Å². The molecule has 2 aromatic carbocycles. The molecule has 3 aromatic rings. The van der Waals surface area contributed by atoms with Gasteiger partial charge >= 0.3 is 6.18 Å². The van der Waals surface area contributed by atoms with Gasteiger partial charge in [0.05, 0.1) is 23.7 Å². The second-order valence-corrected chi connectivity index (χ2v) is 7.80. The number of rotatable bonds is 4. The van der Waals surface area contributed by atoms with E-state index in [1.54, 1.807) is 19.2 Å². The van der Waals surface area contributed by atoms with Crippen molar-refractivity contribution in [3.63, 3.8) is 0 Å². The highest BCUT2D eigenvalue weighted by Gasteiger charge is 2.48. The monoisotopic (exact) mass is 471 g/mol. The van der Waals surface area contributed by atoms with Crippen LogP contribution in [0.1, 0.15) is 39.0 Å². The van der Waals surface area contributed by atoms with E-state index in [-0.39, 0.29) is 27.9 Å². The van der Waals surface area contributed by atoms with Gasteiger partial charge in [0.25, 0.3) is 5.91 Å². The molecule has 0 bridgehead atoms. The topological polar surface area (TPSA) is 91.0 Å². The maximum absolute atomic E-state index is 13.7. The quantitative estimate of drug-likeness (QED) is 0.584. The van der Waals surface area contributed by atoms with Crippen LogP contribution in [0.25, 0.3) is 0 Å². The Bertz CT molecular complexity index is 1310. The molecule has 4 rings (SSSR count). The van der Waals surface area contributed by atoms with Crippen molar-refractivity contribution in [3.05, 3.63) is 82.9 Å². The van der Waals surface area contributed by atoms with Crippen LogP contribution in [0.4, 0.5) is 23.2 Å². The molecule has 1 aliphatic heterocycles. The maximum Gasteiger partial charge on any atom is 0.406 e. The van der Waals surface area contributed by atoms with Crippen molar-refractivity contribution in [1.29, 1.82) is 5.26 Å². The minimum absolute atomic E-state index is 0.0242. The highest BCUT2D eigenvalue weighted by Crippen LogP contribution is 2.44. The number of hydrogen-bond acceptors (Lipinski definition) is 4. The summed E-state index contributed by atoms with van der Waals surface area (Å²) >= 11 is 0. The number of nitrogens with zero attached hydrogens (tertiary/aromatic N) is 4. The lowest BCUT2D eigenvalue weighted by atomic mass is 9.79. The van der Waals surface area contributed by atoms with Crippen LogP contribution < -0.4 is 5.32 Å². The van der Waals surface area contributed by atoms with Crippen LogP contribution in [0, 0.1) is 17.1 Å². The summed E-state index contributed by atoms with van der Waals surface area (Å²) in [5.41, 5.74) is 0.250. The summed E-state index contributed by atoms with van der Waals surface area (Å²) in [6, 6.07) is 9.68. The lowest BCUT2D eigenvalue weighted by molar-refractivity contribution is -0.148. The van der Waals surface area contributed by atoms with Crippen LogP contribution >= 0.6 is 0 Å². The molecule has 0 radical (unpaired) electrons. The highest BCUT2D eigenvalue weighted by atomic mass is 19.4. The Labute approximate surface area is 191 Å². The molecular formula is C23H17F4N5O2. The lowest BCUT2D eigenvalue weighted by Crippen LogP contribution is -2.49. The maximum atomic E-state index is 13.7. The van der Waals surface area contributed by atoms with E-state index in [1.807, 2.05) is 0 Å². The van der Waals surface area contributed by atoms with Crippen molar-refractivity contribution < 1.29 is 27.2 Å². The smallest absolute Gasteiger partial charge is 0.325 e.